The molecule has 0 radical (unpaired) electrons. The number of benzene rings is 2. The van der Waals surface area contributed by atoms with Crippen LogP contribution in [0.5, 0.6) is 0 Å². The molecule has 1 aliphatic rings. The van der Waals surface area contributed by atoms with Crippen LogP contribution in [0.4, 0.5) is 4.39 Å². The van der Waals surface area contributed by atoms with Gasteiger partial charge in [-0.05, 0) is 30.2 Å². The van der Waals surface area contributed by atoms with E-state index < -0.39 is 5.60 Å². The molecule has 1 unspecified atom stereocenters. The van der Waals surface area contributed by atoms with Crippen LogP contribution >= 0.6 is 23.4 Å². The van der Waals surface area contributed by atoms with E-state index in [0.29, 0.717) is 16.8 Å². The van der Waals surface area contributed by atoms with Gasteiger partial charge in [-0.3, -0.25) is 0 Å². The molecular weight excluding hydrogens is 397 g/mol. The summed E-state index contributed by atoms with van der Waals surface area (Å²) in [5.74, 6) is -0.275. The van der Waals surface area contributed by atoms with E-state index in [0.717, 1.165) is 22.7 Å². The number of hydrogen-bond acceptors (Lipinski definition) is 4. The van der Waals surface area contributed by atoms with Gasteiger partial charge in [0.1, 0.15) is 23.8 Å². The molecule has 146 valence electrons. The van der Waals surface area contributed by atoms with Crippen LogP contribution in [-0.2, 0) is 16.9 Å². The summed E-state index contributed by atoms with van der Waals surface area (Å²) in [7, 11) is 0. The van der Waals surface area contributed by atoms with Gasteiger partial charge in [0.15, 0.2) is 5.16 Å². The average Bonchev–Trinajstić information content (AvgIpc) is 3.26. The number of hydrogen-bond donors (Lipinski definition) is 0. The van der Waals surface area contributed by atoms with Gasteiger partial charge in [-0.1, -0.05) is 67.5 Å². The Kier molecular flexibility index (Phi) is 5.45. The fraction of sp³-hybridized carbons (Fsp3) is 0.333. The summed E-state index contributed by atoms with van der Waals surface area (Å²) in [5.41, 5.74) is 1.16. The Labute approximate surface area is 173 Å². The lowest BCUT2D eigenvalue weighted by molar-refractivity contribution is 0.256. The first kappa shape index (κ1) is 19.4. The maximum absolute atomic E-state index is 13.5. The Morgan fingerprint density at radius 1 is 1.25 bits per heavy atom. The van der Waals surface area contributed by atoms with Crippen LogP contribution in [0.25, 0.3) is 0 Å². The normalized spacial score (nSPS) is 22.2. The van der Waals surface area contributed by atoms with E-state index in [-0.39, 0.29) is 11.9 Å². The van der Waals surface area contributed by atoms with Crippen molar-refractivity contribution in [3.63, 3.8) is 0 Å². The zero-order valence-corrected chi connectivity index (χ0v) is 17.3. The van der Waals surface area contributed by atoms with Crippen molar-refractivity contribution >= 4 is 23.4 Å². The van der Waals surface area contributed by atoms with Crippen LogP contribution in [0.15, 0.2) is 60.0 Å². The van der Waals surface area contributed by atoms with Gasteiger partial charge in [0.25, 0.3) is 0 Å². The van der Waals surface area contributed by atoms with Crippen molar-refractivity contribution in [3.05, 3.63) is 76.8 Å². The lowest BCUT2D eigenvalue weighted by atomic mass is 9.91. The van der Waals surface area contributed by atoms with Crippen molar-refractivity contribution in [1.82, 2.24) is 14.8 Å². The van der Waals surface area contributed by atoms with Crippen molar-refractivity contribution < 1.29 is 9.13 Å². The molecule has 1 fully saturated rings. The van der Waals surface area contributed by atoms with Crippen LogP contribution in [-0.4, -0.2) is 20.0 Å². The van der Waals surface area contributed by atoms with Crippen molar-refractivity contribution in [2.24, 2.45) is 0 Å². The first-order chi connectivity index (χ1) is 13.5. The monoisotopic (exact) mass is 417 g/mol. The highest BCUT2D eigenvalue weighted by molar-refractivity contribution is 7.99. The number of rotatable bonds is 7. The molecule has 0 saturated carbocycles. The highest BCUT2D eigenvalue weighted by Crippen LogP contribution is 2.59. The van der Waals surface area contributed by atoms with Crippen molar-refractivity contribution in [3.8, 4) is 0 Å². The molecule has 0 aliphatic carbocycles. The van der Waals surface area contributed by atoms with E-state index in [1.807, 2.05) is 28.9 Å². The molecule has 4 rings (SSSR count). The number of ether oxygens (including phenoxy) is 1. The molecule has 0 spiro atoms. The largest absolute Gasteiger partial charge is 0.354 e. The first-order valence-corrected chi connectivity index (χ1v) is 10.5. The number of thioether (sulfide) groups is 1. The molecule has 7 heteroatoms. The molecule has 4 nitrogen and oxygen atoms in total. The maximum Gasteiger partial charge on any atom is 0.186 e. The first-order valence-electron chi connectivity index (χ1n) is 9.26. The highest BCUT2D eigenvalue weighted by Gasteiger charge is 2.59. The Bertz CT molecular complexity index is 964. The van der Waals surface area contributed by atoms with Gasteiger partial charge in [0.2, 0.25) is 0 Å². The quantitative estimate of drug-likeness (QED) is 0.369. The summed E-state index contributed by atoms with van der Waals surface area (Å²) in [4.78, 5) is 4.41. The lowest BCUT2D eigenvalue weighted by Crippen LogP contribution is -2.21. The lowest BCUT2D eigenvalue weighted by Gasteiger charge is -2.16. The van der Waals surface area contributed by atoms with Gasteiger partial charge in [0.05, 0.1) is 6.54 Å². The molecule has 2 heterocycles. The molecule has 3 atom stereocenters. The Morgan fingerprint density at radius 3 is 2.71 bits per heavy atom. The van der Waals surface area contributed by atoms with Gasteiger partial charge in [-0.2, -0.15) is 5.10 Å². The molecule has 0 bridgehead atoms. The highest BCUT2D eigenvalue weighted by atomic mass is 35.5. The van der Waals surface area contributed by atoms with E-state index in [1.54, 1.807) is 30.2 Å². The smallest absolute Gasteiger partial charge is 0.186 e. The molecule has 1 aliphatic heterocycles. The second-order valence-electron chi connectivity index (χ2n) is 6.95. The second kappa shape index (κ2) is 7.85. The molecule has 1 aromatic heterocycles. The summed E-state index contributed by atoms with van der Waals surface area (Å²) in [6.45, 7) is 4.79. The number of aromatic nitrogens is 3. The van der Waals surface area contributed by atoms with Crippen LogP contribution in [0.2, 0.25) is 5.02 Å². The predicted molar refractivity (Wildman–Crippen MR) is 109 cm³/mol. The van der Waals surface area contributed by atoms with E-state index in [2.05, 4.69) is 23.9 Å². The topological polar surface area (TPSA) is 43.2 Å². The van der Waals surface area contributed by atoms with E-state index in [1.165, 1.54) is 12.1 Å². The SMILES string of the molecule is CCC(C)Sc1ncnn1C[C@]1(c2ccc(F)cc2)O[C@H]1c1ccccc1Cl. The van der Waals surface area contributed by atoms with Gasteiger partial charge in [0, 0.05) is 15.8 Å². The van der Waals surface area contributed by atoms with Crippen molar-refractivity contribution in [2.45, 2.75) is 48.9 Å². The molecule has 1 saturated heterocycles. The summed E-state index contributed by atoms with van der Waals surface area (Å²) < 4.78 is 21.6. The van der Waals surface area contributed by atoms with Crippen LogP contribution in [0, 0.1) is 5.82 Å². The molecule has 3 aromatic rings. The Hall–Kier alpha value is -1.89. The zero-order chi connectivity index (χ0) is 19.7. The second-order valence-corrected chi connectivity index (χ2v) is 8.77. The third-order valence-electron chi connectivity index (χ3n) is 5.06. The van der Waals surface area contributed by atoms with Gasteiger partial charge >= 0.3 is 0 Å². The Morgan fingerprint density at radius 2 is 2.00 bits per heavy atom. The summed E-state index contributed by atoms with van der Waals surface area (Å²) >= 11 is 8.11. The van der Waals surface area contributed by atoms with Gasteiger partial charge in [-0.25, -0.2) is 14.1 Å². The molecule has 28 heavy (non-hydrogen) atoms. The van der Waals surface area contributed by atoms with Crippen LogP contribution in [0.3, 0.4) is 0 Å². The van der Waals surface area contributed by atoms with Crippen molar-refractivity contribution in [2.75, 3.05) is 0 Å². The predicted octanol–water partition coefficient (Wildman–Crippen LogP) is 5.63. The molecule has 0 amide bonds. The minimum absolute atomic E-state index is 0.225. The maximum atomic E-state index is 13.5. The minimum Gasteiger partial charge on any atom is -0.354 e. The Balaban J connectivity index is 1.69. The van der Waals surface area contributed by atoms with E-state index in [9.17, 15) is 4.39 Å². The van der Waals surface area contributed by atoms with Gasteiger partial charge < -0.3 is 4.74 Å². The van der Waals surface area contributed by atoms with Crippen molar-refractivity contribution in [1.29, 1.82) is 0 Å². The molecule has 0 N–H and O–H groups in total. The number of halogens is 2. The third kappa shape index (κ3) is 3.69. The number of nitrogens with zero attached hydrogens (tertiary/aromatic N) is 3. The van der Waals surface area contributed by atoms with Crippen LogP contribution < -0.4 is 0 Å². The zero-order valence-electron chi connectivity index (χ0n) is 15.7. The fourth-order valence-electron chi connectivity index (χ4n) is 3.28. The van der Waals surface area contributed by atoms with E-state index in [4.69, 9.17) is 16.3 Å². The number of epoxide rings is 1. The summed E-state index contributed by atoms with van der Waals surface area (Å²) in [6.07, 6.45) is 2.38. The van der Waals surface area contributed by atoms with E-state index >= 15 is 0 Å². The molecule has 2 aromatic carbocycles. The standard InChI is InChI=1S/C21H21ClFN3OS/c1-3-14(2)28-20-24-13-25-26(20)12-21(15-8-10-16(23)11-9-15)19(27-21)17-6-4-5-7-18(17)22/h4-11,13-14,19H,3,12H2,1-2H3/t14?,19-,21+/m0/s1. The minimum atomic E-state index is -0.656. The average molecular weight is 418 g/mol. The third-order valence-corrected chi connectivity index (χ3v) is 6.67. The van der Waals surface area contributed by atoms with Crippen LogP contribution in [0.1, 0.15) is 37.5 Å². The fourth-order valence-corrected chi connectivity index (χ4v) is 4.38. The summed E-state index contributed by atoms with van der Waals surface area (Å²) in [5, 5.41) is 6.36. The summed E-state index contributed by atoms with van der Waals surface area (Å²) in [6, 6.07) is 14.1. The molecular formula is C21H21ClFN3OS. The van der Waals surface area contributed by atoms with Gasteiger partial charge in [-0.15, -0.1) is 0 Å².